The summed E-state index contributed by atoms with van der Waals surface area (Å²) < 4.78 is 26.9. The lowest BCUT2D eigenvalue weighted by atomic mass is 9.95. The molecule has 0 saturated carbocycles. The maximum absolute atomic E-state index is 12.4. The highest BCUT2D eigenvalue weighted by Crippen LogP contribution is 2.35. The summed E-state index contributed by atoms with van der Waals surface area (Å²) in [5.74, 6) is 0.614. The van der Waals surface area contributed by atoms with Gasteiger partial charge in [-0.2, -0.15) is 5.10 Å². The van der Waals surface area contributed by atoms with Gasteiger partial charge in [-0.05, 0) is 85.6 Å². The fourth-order valence-electron chi connectivity index (χ4n) is 4.33. The SMILES string of the molecule is CCOc1cc([C@@H]2NC(=O)NC(C)=C2C(=O)OC)ccc1OC[C@H](O)N/N=C/c1ccc(OC(=O)c2ccc(OC)cc2)cc1. The van der Waals surface area contributed by atoms with E-state index in [2.05, 4.69) is 21.2 Å². The Morgan fingerprint density at radius 1 is 0.978 bits per heavy atom. The number of hydrazone groups is 1. The lowest BCUT2D eigenvalue weighted by molar-refractivity contribution is -0.136. The highest BCUT2D eigenvalue weighted by atomic mass is 16.5. The summed E-state index contributed by atoms with van der Waals surface area (Å²) in [5.41, 5.74) is 4.87. The Morgan fingerprint density at radius 3 is 2.36 bits per heavy atom. The van der Waals surface area contributed by atoms with Crippen LogP contribution in [-0.2, 0) is 9.53 Å². The third kappa shape index (κ3) is 8.51. The summed E-state index contributed by atoms with van der Waals surface area (Å²) in [6.07, 6.45) is 0.320. The summed E-state index contributed by atoms with van der Waals surface area (Å²) in [6.45, 7) is 3.57. The molecule has 0 spiro atoms. The van der Waals surface area contributed by atoms with Crippen LogP contribution in [0.1, 0.15) is 41.4 Å². The predicted molar refractivity (Wildman–Crippen MR) is 163 cm³/mol. The number of esters is 2. The standard InChI is InChI=1S/C32H34N4O9/c1-5-43-26-16-22(29-28(31(39)42-4)19(2)34-32(40)35-29)10-15-25(26)44-18-27(37)36-33-17-20-6-11-24(12-7-20)45-30(38)21-8-13-23(41-3)14-9-21/h6-17,27,29,36-37H,5,18H2,1-4H3,(H2,34,35,40)/b33-17+/t27-,29-/m0/s1. The van der Waals surface area contributed by atoms with Crippen LogP contribution in [0.15, 0.2) is 83.1 Å². The van der Waals surface area contributed by atoms with Gasteiger partial charge in [0.1, 0.15) is 18.1 Å². The van der Waals surface area contributed by atoms with Crippen LogP contribution in [0.4, 0.5) is 4.79 Å². The molecule has 1 heterocycles. The third-order valence-electron chi connectivity index (χ3n) is 6.53. The van der Waals surface area contributed by atoms with E-state index in [1.165, 1.54) is 13.3 Å². The van der Waals surface area contributed by atoms with Crippen molar-refractivity contribution in [3.63, 3.8) is 0 Å². The number of nitrogens with one attached hydrogen (secondary N) is 3. The normalized spacial score (nSPS) is 15.0. The number of methoxy groups -OCH3 is 2. The summed E-state index contributed by atoms with van der Waals surface area (Å²) in [7, 11) is 2.81. The fourth-order valence-corrected chi connectivity index (χ4v) is 4.33. The van der Waals surface area contributed by atoms with Crippen LogP contribution in [0.25, 0.3) is 0 Å². The van der Waals surface area contributed by atoms with Crippen LogP contribution in [0, 0.1) is 0 Å². The number of aliphatic hydroxyl groups excluding tert-OH is 1. The van der Waals surface area contributed by atoms with Crippen molar-refractivity contribution in [1.29, 1.82) is 0 Å². The number of amides is 2. The number of rotatable bonds is 13. The number of hydrogen-bond donors (Lipinski definition) is 4. The Morgan fingerprint density at radius 2 is 1.69 bits per heavy atom. The van der Waals surface area contributed by atoms with Crippen molar-refractivity contribution in [2.24, 2.45) is 5.10 Å². The Balaban J connectivity index is 1.32. The number of nitrogens with zero attached hydrogens (tertiary/aromatic N) is 1. The van der Waals surface area contributed by atoms with Gasteiger partial charge < -0.3 is 39.4 Å². The van der Waals surface area contributed by atoms with Crippen molar-refractivity contribution in [2.75, 3.05) is 27.4 Å². The number of hydrogen-bond acceptors (Lipinski definition) is 11. The zero-order valence-corrected chi connectivity index (χ0v) is 25.2. The van der Waals surface area contributed by atoms with E-state index in [1.54, 1.807) is 87.7 Å². The van der Waals surface area contributed by atoms with Gasteiger partial charge in [-0.3, -0.25) is 5.43 Å². The van der Waals surface area contributed by atoms with E-state index in [4.69, 9.17) is 23.7 Å². The van der Waals surface area contributed by atoms with Crippen LogP contribution in [0.5, 0.6) is 23.0 Å². The van der Waals surface area contributed by atoms with Crippen molar-refractivity contribution in [2.45, 2.75) is 26.1 Å². The van der Waals surface area contributed by atoms with Crippen LogP contribution in [0.2, 0.25) is 0 Å². The first kappa shape index (κ1) is 32.4. The van der Waals surface area contributed by atoms with Gasteiger partial charge in [0, 0.05) is 5.70 Å². The molecule has 0 radical (unpaired) electrons. The second-order valence-electron chi connectivity index (χ2n) is 9.60. The van der Waals surface area contributed by atoms with Gasteiger partial charge in [0.15, 0.2) is 17.7 Å². The topological polar surface area (TPSA) is 166 Å². The van der Waals surface area contributed by atoms with Crippen LogP contribution in [-0.4, -0.2) is 63.0 Å². The minimum Gasteiger partial charge on any atom is -0.497 e. The average Bonchev–Trinajstić information content (AvgIpc) is 3.04. The molecule has 2 atom stereocenters. The lowest BCUT2D eigenvalue weighted by Gasteiger charge is -2.28. The molecule has 13 heteroatoms. The zero-order valence-electron chi connectivity index (χ0n) is 25.2. The lowest BCUT2D eigenvalue weighted by Crippen LogP contribution is -2.45. The summed E-state index contributed by atoms with van der Waals surface area (Å²) in [4.78, 5) is 36.9. The molecular formula is C32H34N4O9. The van der Waals surface area contributed by atoms with Crippen molar-refractivity contribution in [3.8, 4) is 23.0 Å². The van der Waals surface area contributed by atoms with E-state index >= 15 is 0 Å². The molecule has 0 bridgehead atoms. The van der Waals surface area contributed by atoms with Gasteiger partial charge in [-0.25, -0.2) is 14.4 Å². The van der Waals surface area contributed by atoms with Gasteiger partial charge in [0.2, 0.25) is 0 Å². The van der Waals surface area contributed by atoms with Crippen LogP contribution < -0.4 is 35.0 Å². The molecule has 0 unspecified atom stereocenters. The Labute approximate surface area is 259 Å². The third-order valence-corrected chi connectivity index (χ3v) is 6.53. The largest absolute Gasteiger partial charge is 0.497 e. The van der Waals surface area contributed by atoms with Gasteiger partial charge in [-0.1, -0.05) is 6.07 Å². The molecule has 0 aromatic heterocycles. The molecule has 4 N–H and O–H groups in total. The quantitative estimate of drug-likeness (QED) is 0.0733. The summed E-state index contributed by atoms with van der Waals surface area (Å²) in [6, 6.07) is 17.0. The number of benzene rings is 3. The van der Waals surface area contributed by atoms with Crippen LogP contribution in [0.3, 0.4) is 0 Å². The molecule has 1 aliphatic heterocycles. The first-order chi connectivity index (χ1) is 21.7. The van der Waals surface area contributed by atoms with E-state index in [9.17, 15) is 19.5 Å². The predicted octanol–water partition coefficient (Wildman–Crippen LogP) is 3.43. The fraction of sp³-hybridized carbons (Fsp3) is 0.250. The summed E-state index contributed by atoms with van der Waals surface area (Å²) >= 11 is 0. The Hall–Kier alpha value is -5.56. The molecule has 2 amide bonds. The van der Waals surface area contributed by atoms with E-state index in [-0.39, 0.29) is 12.2 Å². The van der Waals surface area contributed by atoms with E-state index in [1.807, 2.05) is 0 Å². The van der Waals surface area contributed by atoms with E-state index in [0.29, 0.717) is 52.0 Å². The molecular weight excluding hydrogens is 584 g/mol. The average molecular weight is 619 g/mol. The summed E-state index contributed by atoms with van der Waals surface area (Å²) in [5, 5.41) is 19.7. The maximum Gasteiger partial charge on any atom is 0.343 e. The molecule has 0 saturated heterocycles. The van der Waals surface area contributed by atoms with Gasteiger partial charge in [-0.15, -0.1) is 0 Å². The highest BCUT2D eigenvalue weighted by molar-refractivity contribution is 5.95. The highest BCUT2D eigenvalue weighted by Gasteiger charge is 2.32. The number of carbonyl (C=O) groups excluding carboxylic acids is 3. The molecule has 236 valence electrons. The van der Waals surface area contributed by atoms with Crippen molar-refractivity contribution in [1.82, 2.24) is 16.1 Å². The van der Waals surface area contributed by atoms with E-state index < -0.39 is 30.2 Å². The number of aliphatic hydroxyl groups is 1. The maximum atomic E-state index is 12.4. The molecule has 4 rings (SSSR count). The van der Waals surface area contributed by atoms with Crippen molar-refractivity contribution >= 4 is 24.2 Å². The minimum atomic E-state index is -1.17. The van der Waals surface area contributed by atoms with Gasteiger partial charge in [0.25, 0.3) is 0 Å². The number of allylic oxidation sites excluding steroid dienone is 1. The molecule has 1 aliphatic rings. The van der Waals surface area contributed by atoms with Crippen molar-refractivity contribution < 1.29 is 43.2 Å². The molecule has 3 aromatic rings. The van der Waals surface area contributed by atoms with Crippen molar-refractivity contribution in [3.05, 3.63) is 94.7 Å². The zero-order chi connectivity index (χ0) is 32.3. The second kappa shape index (κ2) is 15.3. The number of carbonyl (C=O) groups is 3. The Bertz CT molecular complexity index is 1570. The second-order valence-corrected chi connectivity index (χ2v) is 9.60. The van der Waals surface area contributed by atoms with Gasteiger partial charge in [0.05, 0.1) is 44.2 Å². The minimum absolute atomic E-state index is 0.173. The van der Waals surface area contributed by atoms with E-state index in [0.717, 1.165) is 0 Å². The molecule has 45 heavy (non-hydrogen) atoms. The Kier molecular flexibility index (Phi) is 11.0. The molecule has 3 aromatic carbocycles. The first-order valence-electron chi connectivity index (χ1n) is 13.9. The number of ether oxygens (including phenoxy) is 5. The first-order valence-corrected chi connectivity index (χ1v) is 13.9. The molecule has 13 nitrogen and oxygen atoms in total. The van der Waals surface area contributed by atoms with Gasteiger partial charge >= 0.3 is 18.0 Å². The molecule has 0 fully saturated rings. The van der Waals surface area contributed by atoms with Crippen LogP contribution >= 0.6 is 0 Å². The monoisotopic (exact) mass is 618 g/mol. The smallest absolute Gasteiger partial charge is 0.343 e. The molecule has 0 aliphatic carbocycles. The number of urea groups is 1.